The van der Waals surface area contributed by atoms with E-state index in [2.05, 4.69) is 125 Å². The number of rotatable bonds is 76. The molecule has 0 aromatic carbocycles. The number of hydrogen-bond donors (Lipinski definition) is 3. The average molecular weight is 1480 g/mol. The van der Waals surface area contributed by atoms with Crippen molar-refractivity contribution in [3.63, 3.8) is 0 Å². The summed E-state index contributed by atoms with van der Waals surface area (Å²) >= 11 is 0. The van der Waals surface area contributed by atoms with Crippen LogP contribution < -0.4 is 0 Å². The fraction of sp³-hybridized carbons (Fsp3) is 0.759. The van der Waals surface area contributed by atoms with Gasteiger partial charge in [0.05, 0.1) is 26.4 Å². The quantitative estimate of drug-likeness (QED) is 0.0169. The fourth-order valence-corrected chi connectivity index (χ4v) is 12.4. The summed E-state index contributed by atoms with van der Waals surface area (Å²) in [5.41, 5.74) is 0. The number of aliphatic hydroxyl groups excluding tert-OH is 1. The SMILES string of the molecule is CC/C=C\C/C=C\C/C=C\C/C=C\CCCCC(=O)OCC(COP(=O)(O)OCC(O)COP(=O)(O)OCC(COC(=O)CCCCCCCC/C=C\C/C=C\C/C=C\CCCCC)OC(=O)CCCCCCCCCCCCCCC)OC(=O)CCCCCCC/C=C\CCCCCCCC. The average Bonchev–Trinajstić information content (AvgIpc) is 0.919. The minimum Gasteiger partial charge on any atom is -0.462 e. The molecule has 0 fully saturated rings. The maximum Gasteiger partial charge on any atom is 0.472 e. The van der Waals surface area contributed by atoms with Gasteiger partial charge in [0.15, 0.2) is 12.2 Å². The van der Waals surface area contributed by atoms with Crippen molar-refractivity contribution < 1.29 is 80.2 Å². The zero-order chi connectivity index (χ0) is 74.6. The Balaban J connectivity index is 5.37. The number of allylic oxidation sites excluding steroid dienone is 16. The number of unbranched alkanes of at least 4 members (excludes halogenated alkanes) is 34. The Morgan fingerprint density at radius 3 is 0.833 bits per heavy atom. The highest BCUT2D eigenvalue weighted by molar-refractivity contribution is 7.47. The molecule has 0 rings (SSSR count). The van der Waals surface area contributed by atoms with Gasteiger partial charge in [-0.05, 0) is 128 Å². The maximum atomic E-state index is 13.1. The van der Waals surface area contributed by atoms with Crippen LogP contribution in [0.4, 0.5) is 0 Å². The van der Waals surface area contributed by atoms with Gasteiger partial charge < -0.3 is 33.8 Å². The normalized spacial score (nSPS) is 14.4. The lowest BCUT2D eigenvalue weighted by Gasteiger charge is -2.21. The van der Waals surface area contributed by atoms with Gasteiger partial charge in [0.1, 0.15) is 19.3 Å². The second-order valence-corrected chi connectivity index (χ2v) is 29.9. The van der Waals surface area contributed by atoms with Gasteiger partial charge in [-0.3, -0.25) is 37.3 Å². The first-order valence-electron chi connectivity index (χ1n) is 40.5. The van der Waals surface area contributed by atoms with Crippen molar-refractivity contribution in [2.24, 2.45) is 0 Å². The second-order valence-electron chi connectivity index (χ2n) is 27.0. The summed E-state index contributed by atoms with van der Waals surface area (Å²) in [4.78, 5) is 73.0. The number of carbonyl (C=O) groups is 4. The third-order valence-corrected chi connectivity index (χ3v) is 18.9. The fourth-order valence-electron chi connectivity index (χ4n) is 10.9. The van der Waals surface area contributed by atoms with Gasteiger partial charge in [-0.1, -0.05) is 292 Å². The predicted molar refractivity (Wildman–Crippen MR) is 418 cm³/mol. The zero-order valence-electron chi connectivity index (χ0n) is 64.5. The van der Waals surface area contributed by atoms with Crippen molar-refractivity contribution in [3.8, 4) is 0 Å². The van der Waals surface area contributed by atoms with E-state index < -0.39 is 97.5 Å². The molecule has 0 saturated heterocycles. The van der Waals surface area contributed by atoms with Crippen molar-refractivity contribution >= 4 is 39.5 Å². The zero-order valence-corrected chi connectivity index (χ0v) is 66.3. The van der Waals surface area contributed by atoms with Crippen LogP contribution in [0.1, 0.15) is 349 Å². The van der Waals surface area contributed by atoms with Crippen molar-refractivity contribution in [2.75, 3.05) is 39.6 Å². The van der Waals surface area contributed by atoms with Gasteiger partial charge in [-0.2, -0.15) is 0 Å². The monoisotopic (exact) mass is 1480 g/mol. The van der Waals surface area contributed by atoms with Crippen LogP contribution in [0.5, 0.6) is 0 Å². The standard InChI is InChI=1S/C83H146O17P2/c1-5-9-13-17-21-25-29-33-36-37-38-39-42-45-48-52-56-60-64-68-81(86)94-73-78(99-82(87)69-65-61-57-53-49-43-32-28-24-20-16-12-8-4)75-97-101(89,90)95-71-77(84)72-96-102(91,92)98-76-79(100-83(88)70-66-62-58-54-50-46-41-35-31-27-23-19-15-11-7-3)74-93-80(85)67-63-59-55-51-47-44-40-34-30-26-22-18-14-10-6-2/h10,14,21-22,25-26,33-36,38-41,47,51,77-79,84H,5-9,11-13,15-20,23-24,27-32,37,42-46,48-50,52-76H2,1-4H3,(H,89,90)(H,91,92)/b14-10-,25-21-,26-22-,36-33-,39-38-,40-34-,41-35-,51-47-. The molecule has 0 aliphatic carbocycles. The van der Waals surface area contributed by atoms with E-state index in [9.17, 15) is 43.2 Å². The van der Waals surface area contributed by atoms with Gasteiger partial charge in [0.25, 0.3) is 0 Å². The molecule has 0 aliphatic heterocycles. The summed E-state index contributed by atoms with van der Waals surface area (Å²) in [6.45, 7) is 4.70. The predicted octanol–water partition coefficient (Wildman–Crippen LogP) is 23.6. The van der Waals surface area contributed by atoms with E-state index in [1.165, 1.54) is 109 Å². The Labute approximate surface area is 620 Å². The highest BCUT2D eigenvalue weighted by atomic mass is 31.2. The van der Waals surface area contributed by atoms with Crippen molar-refractivity contribution in [2.45, 2.75) is 367 Å². The number of phosphoric acid groups is 2. The Bertz CT molecular complexity index is 2310. The molecular formula is C83H146O17P2. The third-order valence-electron chi connectivity index (χ3n) is 17.0. The van der Waals surface area contributed by atoms with Crippen molar-refractivity contribution in [1.82, 2.24) is 0 Å². The largest absolute Gasteiger partial charge is 0.472 e. The van der Waals surface area contributed by atoms with Crippen LogP contribution >= 0.6 is 15.6 Å². The van der Waals surface area contributed by atoms with E-state index in [1.54, 1.807) is 0 Å². The minimum atomic E-state index is -4.99. The molecule has 0 heterocycles. The topological polar surface area (TPSA) is 237 Å². The second kappa shape index (κ2) is 75.2. The molecule has 19 heteroatoms. The number of esters is 4. The molecule has 0 bridgehead atoms. The van der Waals surface area contributed by atoms with E-state index in [0.717, 1.165) is 161 Å². The van der Waals surface area contributed by atoms with Gasteiger partial charge in [0.2, 0.25) is 0 Å². The molecule has 0 amide bonds. The van der Waals surface area contributed by atoms with Gasteiger partial charge in [0, 0.05) is 25.7 Å². The molecule has 590 valence electrons. The molecule has 0 radical (unpaired) electrons. The van der Waals surface area contributed by atoms with E-state index in [4.69, 9.17) is 37.0 Å². The molecule has 0 aromatic rings. The summed E-state index contributed by atoms with van der Waals surface area (Å²) in [5.74, 6) is -2.23. The first-order chi connectivity index (χ1) is 49.7. The van der Waals surface area contributed by atoms with E-state index in [-0.39, 0.29) is 25.7 Å². The van der Waals surface area contributed by atoms with Gasteiger partial charge in [-0.15, -0.1) is 0 Å². The molecule has 0 saturated carbocycles. The molecule has 5 unspecified atom stereocenters. The van der Waals surface area contributed by atoms with Gasteiger partial charge in [-0.25, -0.2) is 9.13 Å². The van der Waals surface area contributed by atoms with E-state index in [1.807, 2.05) is 0 Å². The number of carbonyl (C=O) groups excluding carboxylic acids is 4. The summed E-state index contributed by atoms with van der Waals surface area (Å²) in [6, 6.07) is 0. The van der Waals surface area contributed by atoms with Crippen LogP contribution in [0.2, 0.25) is 0 Å². The summed E-state index contributed by atoms with van der Waals surface area (Å²) in [7, 11) is -9.96. The first-order valence-corrected chi connectivity index (χ1v) is 43.5. The maximum absolute atomic E-state index is 13.1. The Morgan fingerprint density at radius 2 is 0.510 bits per heavy atom. The Morgan fingerprint density at radius 1 is 0.284 bits per heavy atom. The summed E-state index contributed by atoms with van der Waals surface area (Å²) < 4.78 is 68.6. The number of ether oxygens (including phenoxy) is 4. The first kappa shape index (κ1) is 98.0. The van der Waals surface area contributed by atoms with E-state index >= 15 is 0 Å². The molecule has 17 nitrogen and oxygen atoms in total. The number of phosphoric ester groups is 2. The molecule has 5 atom stereocenters. The molecule has 0 aliphatic rings. The summed E-state index contributed by atoms with van der Waals surface area (Å²) in [5, 5.41) is 10.6. The molecule has 0 aromatic heterocycles. The molecular weight excluding hydrogens is 1330 g/mol. The van der Waals surface area contributed by atoms with Gasteiger partial charge >= 0.3 is 39.5 Å². The lowest BCUT2D eigenvalue weighted by Crippen LogP contribution is -2.30. The van der Waals surface area contributed by atoms with E-state index in [0.29, 0.717) is 25.7 Å². The lowest BCUT2D eigenvalue weighted by molar-refractivity contribution is -0.161. The van der Waals surface area contributed by atoms with Crippen LogP contribution in [0, 0.1) is 0 Å². The highest BCUT2D eigenvalue weighted by Crippen LogP contribution is 2.45. The molecule has 3 N–H and O–H groups in total. The van der Waals surface area contributed by atoms with Crippen molar-refractivity contribution in [1.29, 1.82) is 0 Å². The molecule has 0 spiro atoms. The van der Waals surface area contributed by atoms with Crippen LogP contribution in [0.15, 0.2) is 97.2 Å². The van der Waals surface area contributed by atoms with Crippen LogP contribution in [-0.2, 0) is 65.4 Å². The Hall–Kier alpha value is -4.02. The minimum absolute atomic E-state index is 0.0766. The smallest absolute Gasteiger partial charge is 0.462 e. The number of aliphatic hydroxyl groups is 1. The van der Waals surface area contributed by atoms with Crippen molar-refractivity contribution in [3.05, 3.63) is 97.2 Å². The van der Waals surface area contributed by atoms with Crippen LogP contribution in [-0.4, -0.2) is 96.7 Å². The summed E-state index contributed by atoms with van der Waals surface area (Å²) in [6.07, 6.45) is 79.5. The highest BCUT2D eigenvalue weighted by Gasteiger charge is 2.30. The third kappa shape index (κ3) is 74.3. The van der Waals surface area contributed by atoms with Crippen LogP contribution in [0.3, 0.4) is 0 Å². The lowest BCUT2D eigenvalue weighted by atomic mass is 10.0. The van der Waals surface area contributed by atoms with Crippen LogP contribution in [0.25, 0.3) is 0 Å². The number of hydrogen-bond acceptors (Lipinski definition) is 15. The molecule has 102 heavy (non-hydrogen) atoms. The Kier molecular flexibility index (Phi) is 72.3.